The van der Waals surface area contributed by atoms with E-state index < -0.39 is 0 Å². The molecule has 2 aliphatic rings. The van der Waals surface area contributed by atoms with E-state index in [1.165, 1.54) is 36.8 Å². The Balaban J connectivity index is 1.88. The summed E-state index contributed by atoms with van der Waals surface area (Å²) in [6.45, 7) is 6.75. The molecule has 1 atom stereocenters. The molecule has 0 bridgehead atoms. The molecule has 1 unspecified atom stereocenters. The number of rotatable bonds is 2. The minimum Gasteiger partial charge on any atom is -0.487 e. The van der Waals surface area contributed by atoms with Crippen molar-refractivity contribution in [3.8, 4) is 5.75 Å². The van der Waals surface area contributed by atoms with Crippen molar-refractivity contribution in [2.24, 2.45) is 5.41 Å². The average molecular weight is 323 g/mol. The highest BCUT2D eigenvalue weighted by Crippen LogP contribution is 2.52. The third-order valence-corrected chi connectivity index (χ3v) is 6.37. The first-order valence-corrected chi connectivity index (χ1v) is 8.27. The summed E-state index contributed by atoms with van der Waals surface area (Å²) >= 11 is 3.96. The van der Waals surface area contributed by atoms with E-state index in [9.17, 15) is 0 Å². The predicted octanol–water partition coefficient (Wildman–Crippen LogP) is 5.42. The SMILES string of the molecule is CC1(C)Cc2cc(C(Br)C3(C)CCCC3)ccc2O1. The topological polar surface area (TPSA) is 9.23 Å². The molecule has 3 rings (SSSR count). The van der Waals surface area contributed by atoms with Crippen LogP contribution in [0.1, 0.15) is 62.4 Å². The second-order valence-electron chi connectivity index (χ2n) is 7.13. The van der Waals surface area contributed by atoms with Crippen LogP contribution in [0.25, 0.3) is 0 Å². The Labute approximate surface area is 124 Å². The first-order valence-electron chi connectivity index (χ1n) is 7.36. The van der Waals surface area contributed by atoms with Crippen LogP contribution in [-0.4, -0.2) is 5.60 Å². The van der Waals surface area contributed by atoms with Crippen LogP contribution in [0.4, 0.5) is 0 Å². The normalized spacial score (nSPS) is 24.8. The van der Waals surface area contributed by atoms with Crippen molar-refractivity contribution in [3.63, 3.8) is 0 Å². The van der Waals surface area contributed by atoms with Crippen molar-refractivity contribution < 1.29 is 4.74 Å². The summed E-state index contributed by atoms with van der Waals surface area (Å²) < 4.78 is 5.96. The molecule has 2 heteroatoms. The zero-order valence-electron chi connectivity index (χ0n) is 12.1. The molecule has 1 saturated carbocycles. The van der Waals surface area contributed by atoms with Crippen LogP contribution >= 0.6 is 15.9 Å². The molecule has 19 heavy (non-hydrogen) atoms. The fourth-order valence-electron chi connectivity index (χ4n) is 3.63. The van der Waals surface area contributed by atoms with E-state index in [-0.39, 0.29) is 5.60 Å². The predicted molar refractivity (Wildman–Crippen MR) is 83.1 cm³/mol. The number of alkyl halides is 1. The Hall–Kier alpha value is -0.500. The number of benzene rings is 1. The lowest BCUT2D eigenvalue weighted by atomic mass is 9.81. The Morgan fingerprint density at radius 2 is 1.84 bits per heavy atom. The fraction of sp³-hybridized carbons (Fsp3) is 0.647. The van der Waals surface area contributed by atoms with Gasteiger partial charge in [0.15, 0.2) is 0 Å². The summed E-state index contributed by atoms with van der Waals surface area (Å²) in [6, 6.07) is 6.75. The highest BCUT2D eigenvalue weighted by Gasteiger charge is 2.37. The molecule has 0 spiro atoms. The number of hydrogen-bond donors (Lipinski definition) is 0. The number of halogens is 1. The van der Waals surface area contributed by atoms with E-state index in [0.717, 1.165) is 12.2 Å². The third-order valence-electron chi connectivity index (χ3n) is 4.74. The second-order valence-corrected chi connectivity index (χ2v) is 8.05. The summed E-state index contributed by atoms with van der Waals surface area (Å²) in [4.78, 5) is 0.469. The number of hydrogen-bond acceptors (Lipinski definition) is 1. The van der Waals surface area contributed by atoms with Gasteiger partial charge in [0.1, 0.15) is 11.4 Å². The first kappa shape index (κ1) is 13.5. The highest BCUT2D eigenvalue weighted by atomic mass is 79.9. The van der Waals surface area contributed by atoms with Crippen molar-refractivity contribution in [1.29, 1.82) is 0 Å². The molecule has 1 heterocycles. The van der Waals surface area contributed by atoms with Gasteiger partial charge in [-0.2, -0.15) is 0 Å². The molecule has 0 aromatic heterocycles. The van der Waals surface area contributed by atoms with Gasteiger partial charge in [0.25, 0.3) is 0 Å². The van der Waals surface area contributed by atoms with Crippen LogP contribution in [0.15, 0.2) is 18.2 Å². The van der Waals surface area contributed by atoms with Crippen LogP contribution < -0.4 is 4.74 Å². The number of fused-ring (bicyclic) bond motifs is 1. The molecule has 1 aliphatic carbocycles. The zero-order valence-corrected chi connectivity index (χ0v) is 13.7. The van der Waals surface area contributed by atoms with Crippen molar-refractivity contribution in [2.45, 2.75) is 63.3 Å². The van der Waals surface area contributed by atoms with Gasteiger partial charge in [-0.25, -0.2) is 0 Å². The molecule has 0 N–H and O–H groups in total. The maximum absolute atomic E-state index is 5.96. The largest absolute Gasteiger partial charge is 0.487 e. The Morgan fingerprint density at radius 1 is 1.16 bits per heavy atom. The lowest BCUT2D eigenvalue weighted by Crippen LogP contribution is -2.24. The Bertz CT molecular complexity index is 486. The molecule has 1 aromatic rings. The average Bonchev–Trinajstić information content (AvgIpc) is 2.90. The van der Waals surface area contributed by atoms with E-state index in [1.807, 2.05) is 0 Å². The first-order chi connectivity index (χ1) is 8.90. The monoisotopic (exact) mass is 322 g/mol. The molecule has 1 fully saturated rings. The van der Waals surface area contributed by atoms with Gasteiger partial charge in [0.05, 0.1) is 0 Å². The smallest absolute Gasteiger partial charge is 0.123 e. The van der Waals surface area contributed by atoms with E-state index in [2.05, 4.69) is 54.9 Å². The molecular weight excluding hydrogens is 300 g/mol. The van der Waals surface area contributed by atoms with Crippen molar-refractivity contribution in [3.05, 3.63) is 29.3 Å². The maximum Gasteiger partial charge on any atom is 0.123 e. The number of ether oxygens (including phenoxy) is 1. The molecule has 1 aliphatic heterocycles. The zero-order chi connectivity index (χ0) is 13.7. The highest BCUT2D eigenvalue weighted by molar-refractivity contribution is 9.09. The second kappa shape index (κ2) is 4.51. The summed E-state index contributed by atoms with van der Waals surface area (Å²) in [5, 5.41) is 0. The summed E-state index contributed by atoms with van der Waals surface area (Å²) in [7, 11) is 0. The standard InChI is InChI=1S/C17H23BrO/c1-16(2)11-13-10-12(6-7-14(13)19-16)15(18)17(3)8-4-5-9-17/h6-7,10,15H,4-5,8-9,11H2,1-3H3. The molecule has 0 amide bonds. The van der Waals surface area contributed by atoms with Gasteiger partial charge < -0.3 is 4.74 Å². The summed E-state index contributed by atoms with van der Waals surface area (Å²) in [5.74, 6) is 1.07. The van der Waals surface area contributed by atoms with Crippen LogP contribution in [0.3, 0.4) is 0 Å². The van der Waals surface area contributed by atoms with E-state index in [1.54, 1.807) is 0 Å². The molecular formula is C17H23BrO. The minimum absolute atomic E-state index is 0.0416. The van der Waals surface area contributed by atoms with Crippen molar-refractivity contribution >= 4 is 15.9 Å². The van der Waals surface area contributed by atoms with Gasteiger partial charge in [-0.1, -0.05) is 47.8 Å². The van der Waals surface area contributed by atoms with Gasteiger partial charge in [0.2, 0.25) is 0 Å². The molecule has 104 valence electrons. The van der Waals surface area contributed by atoms with Gasteiger partial charge in [-0.15, -0.1) is 0 Å². The van der Waals surface area contributed by atoms with Gasteiger partial charge in [0, 0.05) is 11.2 Å². The van der Waals surface area contributed by atoms with Crippen molar-refractivity contribution in [2.75, 3.05) is 0 Å². The maximum atomic E-state index is 5.96. The molecule has 1 nitrogen and oxygen atoms in total. The summed E-state index contributed by atoms with van der Waals surface area (Å²) in [5.41, 5.74) is 3.17. The molecule has 0 saturated heterocycles. The van der Waals surface area contributed by atoms with E-state index in [4.69, 9.17) is 4.74 Å². The summed E-state index contributed by atoms with van der Waals surface area (Å²) in [6.07, 6.45) is 6.44. The van der Waals surface area contributed by atoms with Crippen LogP contribution in [-0.2, 0) is 6.42 Å². The van der Waals surface area contributed by atoms with Gasteiger partial charge in [-0.05, 0) is 49.3 Å². The Morgan fingerprint density at radius 3 is 2.53 bits per heavy atom. The van der Waals surface area contributed by atoms with E-state index in [0.29, 0.717) is 10.2 Å². The van der Waals surface area contributed by atoms with Gasteiger partial charge in [-0.3, -0.25) is 0 Å². The molecule has 0 radical (unpaired) electrons. The fourth-order valence-corrected chi connectivity index (χ4v) is 4.37. The lowest BCUT2D eigenvalue weighted by molar-refractivity contribution is 0.138. The van der Waals surface area contributed by atoms with Gasteiger partial charge >= 0.3 is 0 Å². The minimum atomic E-state index is -0.0416. The quantitative estimate of drug-likeness (QED) is 0.661. The van der Waals surface area contributed by atoms with Crippen LogP contribution in [0.2, 0.25) is 0 Å². The van der Waals surface area contributed by atoms with Crippen molar-refractivity contribution in [1.82, 2.24) is 0 Å². The Kier molecular flexibility index (Phi) is 3.20. The van der Waals surface area contributed by atoms with E-state index >= 15 is 0 Å². The molecule has 1 aromatic carbocycles. The van der Waals surface area contributed by atoms with Crippen LogP contribution in [0, 0.1) is 5.41 Å². The lowest BCUT2D eigenvalue weighted by Gasteiger charge is -2.30. The third kappa shape index (κ3) is 2.44. The van der Waals surface area contributed by atoms with Crippen LogP contribution in [0.5, 0.6) is 5.75 Å².